The molecule has 0 heterocycles. The van der Waals surface area contributed by atoms with Gasteiger partial charge in [-0.1, -0.05) is 22.9 Å². The van der Waals surface area contributed by atoms with E-state index in [-0.39, 0.29) is 12.5 Å². The van der Waals surface area contributed by atoms with Crippen LogP contribution < -0.4 is 4.74 Å². The first-order valence-electron chi connectivity index (χ1n) is 4.60. The van der Waals surface area contributed by atoms with Gasteiger partial charge in [0.2, 0.25) is 0 Å². The van der Waals surface area contributed by atoms with E-state index in [0.29, 0.717) is 17.9 Å². The van der Waals surface area contributed by atoms with E-state index >= 15 is 0 Å². The number of nitriles is 1. The Bertz CT molecular complexity index is 373. The van der Waals surface area contributed by atoms with Crippen molar-refractivity contribution in [1.82, 2.24) is 0 Å². The van der Waals surface area contributed by atoms with Gasteiger partial charge in [0, 0.05) is 17.0 Å². The molecule has 0 radical (unpaired) electrons. The van der Waals surface area contributed by atoms with E-state index in [2.05, 4.69) is 22.0 Å². The van der Waals surface area contributed by atoms with E-state index in [9.17, 15) is 0 Å². The van der Waals surface area contributed by atoms with Crippen molar-refractivity contribution in [2.75, 3.05) is 13.2 Å². The van der Waals surface area contributed by atoms with Crippen LogP contribution in [0, 0.1) is 17.2 Å². The number of hydrogen-bond donors (Lipinski definition) is 1. The Morgan fingerprint density at radius 2 is 2.33 bits per heavy atom. The second kappa shape index (κ2) is 5.74. The van der Waals surface area contributed by atoms with Crippen molar-refractivity contribution in [2.24, 2.45) is 5.92 Å². The van der Waals surface area contributed by atoms with Crippen LogP contribution in [0.25, 0.3) is 0 Å². The Labute approximate surface area is 97.4 Å². The Hall–Kier alpha value is -1.05. The molecule has 1 N–H and O–H groups in total. The summed E-state index contributed by atoms with van der Waals surface area (Å²) in [7, 11) is 0. The minimum Gasteiger partial charge on any atom is -0.492 e. The van der Waals surface area contributed by atoms with Crippen molar-refractivity contribution in [3.8, 4) is 11.8 Å². The molecule has 1 unspecified atom stereocenters. The molecule has 1 aromatic carbocycles. The molecular formula is C11H12BrNO2. The molecule has 0 saturated heterocycles. The molecule has 0 saturated carbocycles. The number of ether oxygens (including phenoxy) is 1. The number of nitrogens with zero attached hydrogens (tertiary/aromatic N) is 1. The predicted molar refractivity (Wildman–Crippen MR) is 60.6 cm³/mol. The first kappa shape index (κ1) is 12.0. The highest BCUT2D eigenvalue weighted by atomic mass is 79.9. The average Bonchev–Trinajstić information content (AvgIpc) is 2.26. The maximum absolute atomic E-state index is 8.87. The number of benzene rings is 1. The number of hydrogen-bond acceptors (Lipinski definition) is 3. The van der Waals surface area contributed by atoms with Crippen LogP contribution in [-0.2, 0) is 0 Å². The summed E-state index contributed by atoms with van der Waals surface area (Å²) in [5.41, 5.74) is 0.495. The van der Waals surface area contributed by atoms with Crippen molar-refractivity contribution in [1.29, 1.82) is 5.26 Å². The Morgan fingerprint density at radius 3 is 2.93 bits per heavy atom. The molecule has 1 rings (SSSR count). The van der Waals surface area contributed by atoms with Crippen LogP contribution in [0.2, 0.25) is 0 Å². The number of rotatable bonds is 4. The zero-order valence-electron chi connectivity index (χ0n) is 8.40. The van der Waals surface area contributed by atoms with Gasteiger partial charge in [0.1, 0.15) is 11.8 Å². The third-order valence-electron chi connectivity index (χ3n) is 1.90. The second-order valence-electron chi connectivity index (χ2n) is 3.35. The summed E-state index contributed by atoms with van der Waals surface area (Å²) in [6, 6.07) is 7.33. The lowest BCUT2D eigenvalue weighted by atomic mass is 10.2. The van der Waals surface area contributed by atoms with Gasteiger partial charge in [-0.05, 0) is 18.2 Å². The molecule has 0 spiro atoms. The zero-order chi connectivity index (χ0) is 11.3. The van der Waals surface area contributed by atoms with Crippen LogP contribution in [0.5, 0.6) is 5.75 Å². The maximum atomic E-state index is 8.87. The zero-order valence-corrected chi connectivity index (χ0v) is 9.99. The van der Waals surface area contributed by atoms with Crippen LogP contribution in [0.4, 0.5) is 0 Å². The Kier molecular flexibility index (Phi) is 4.60. The maximum Gasteiger partial charge on any atom is 0.137 e. The van der Waals surface area contributed by atoms with E-state index in [0.717, 1.165) is 4.47 Å². The van der Waals surface area contributed by atoms with Crippen molar-refractivity contribution in [3.63, 3.8) is 0 Å². The topological polar surface area (TPSA) is 53.2 Å². The highest BCUT2D eigenvalue weighted by molar-refractivity contribution is 9.10. The summed E-state index contributed by atoms with van der Waals surface area (Å²) in [5.74, 6) is 0.626. The van der Waals surface area contributed by atoms with Gasteiger partial charge in [-0.25, -0.2) is 0 Å². The molecule has 1 aromatic rings. The number of aliphatic hydroxyl groups is 1. The summed E-state index contributed by atoms with van der Waals surface area (Å²) in [6.07, 6.45) is 0. The van der Waals surface area contributed by atoms with Gasteiger partial charge in [-0.3, -0.25) is 0 Å². The predicted octanol–water partition coefficient (Wildman–Crippen LogP) is 2.33. The second-order valence-corrected chi connectivity index (χ2v) is 4.27. The summed E-state index contributed by atoms with van der Waals surface area (Å²) in [5, 5.41) is 17.7. The smallest absolute Gasteiger partial charge is 0.137 e. The van der Waals surface area contributed by atoms with Gasteiger partial charge in [-0.2, -0.15) is 5.26 Å². The average molecular weight is 270 g/mol. The molecule has 0 amide bonds. The largest absolute Gasteiger partial charge is 0.492 e. The first-order chi connectivity index (χ1) is 7.17. The van der Waals surface area contributed by atoms with Crippen LogP contribution >= 0.6 is 15.9 Å². The van der Waals surface area contributed by atoms with Crippen LogP contribution in [-0.4, -0.2) is 18.3 Å². The molecule has 4 heteroatoms. The third kappa shape index (κ3) is 3.54. The fraction of sp³-hybridized carbons (Fsp3) is 0.364. The number of halogens is 1. The van der Waals surface area contributed by atoms with Gasteiger partial charge >= 0.3 is 0 Å². The van der Waals surface area contributed by atoms with E-state index in [1.807, 2.05) is 13.0 Å². The summed E-state index contributed by atoms with van der Waals surface area (Å²) in [4.78, 5) is 0. The van der Waals surface area contributed by atoms with E-state index < -0.39 is 0 Å². The van der Waals surface area contributed by atoms with Crippen LogP contribution in [0.3, 0.4) is 0 Å². The summed E-state index contributed by atoms with van der Waals surface area (Å²) < 4.78 is 6.28. The molecule has 1 atom stereocenters. The molecular weight excluding hydrogens is 258 g/mol. The van der Waals surface area contributed by atoms with Crippen molar-refractivity contribution < 1.29 is 9.84 Å². The van der Waals surface area contributed by atoms with Gasteiger partial charge in [0.05, 0.1) is 12.2 Å². The van der Waals surface area contributed by atoms with Gasteiger partial charge in [0.15, 0.2) is 0 Å². The van der Waals surface area contributed by atoms with Crippen molar-refractivity contribution >= 4 is 15.9 Å². The lowest BCUT2D eigenvalue weighted by molar-refractivity contribution is 0.174. The summed E-state index contributed by atoms with van der Waals surface area (Å²) >= 11 is 3.28. The molecule has 0 aliphatic rings. The molecule has 0 aromatic heterocycles. The first-order valence-corrected chi connectivity index (χ1v) is 5.40. The minimum atomic E-state index is 0.0696. The molecule has 0 bridgehead atoms. The lowest BCUT2D eigenvalue weighted by Gasteiger charge is -2.11. The molecule has 3 nitrogen and oxygen atoms in total. The minimum absolute atomic E-state index is 0.0696. The molecule has 0 aliphatic heterocycles. The van der Waals surface area contributed by atoms with Crippen LogP contribution in [0.1, 0.15) is 12.5 Å². The third-order valence-corrected chi connectivity index (χ3v) is 2.39. The van der Waals surface area contributed by atoms with Gasteiger partial charge in [0.25, 0.3) is 0 Å². The fourth-order valence-electron chi connectivity index (χ4n) is 1.00. The van der Waals surface area contributed by atoms with Gasteiger partial charge < -0.3 is 9.84 Å². The van der Waals surface area contributed by atoms with Crippen LogP contribution in [0.15, 0.2) is 22.7 Å². The van der Waals surface area contributed by atoms with Gasteiger partial charge in [-0.15, -0.1) is 0 Å². The van der Waals surface area contributed by atoms with Crippen molar-refractivity contribution in [2.45, 2.75) is 6.92 Å². The molecule has 15 heavy (non-hydrogen) atoms. The summed E-state index contributed by atoms with van der Waals surface area (Å²) in [6.45, 7) is 2.37. The molecule has 0 fully saturated rings. The van der Waals surface area contributed by atoms with E-state index in [1.165, 1.54) is 0 Å². The lowest BCUT2D eigenvalue weighted by Crippen LogP contribution is -2.12. The monoisotopic (exact) mass is 269 g/mol. The van der Waals surface area contributed by atoms with E-state index in [1.54, 1.807) is 12.1 Å². The standard InChI is InChI=1S/C11H12BrNO2/c1-8(6-14)7-15-11-3-2-10(12)4-9(11)5-13/h2-4,8,14H,6-7H2,1H3. The Morgan fingerprint density at radius 1 is 1.60 bits per heavy atom. The molecule has 0 aliphatic carbocycles. The quantitative estimate of drug-likeness (QED) is 0.913. The Balaban J connectivity index is 2.73. The highest BCUT2D eigenvalue weighted by Gasteiger charge is 2.06. The van der Waals surface area contributed by atoms with Crippen molar-refractivity contribution in [3.05, 3.63) is 28.2 Å². The normalized spacial score (nSPS) is 11.9. The van der Waals surface area contributed by atoms with E-state index in [4.69, 9.17) is 15.1 Å². The SMILES string of the molecule is CC(CO)COc1ccc(Br)cc1C#N. The number of aliphatic hydroxyl groups excluding tert-OH is 1. The molecule has 80 valence electrons. The fourth-order valence-corrected chi connectivity index (χ4v) is 1.36. The highest BCUT2D eigenvalue weighted by Crippen LogP contribution is 2.22.